The summed E-state index contributed by atoms with van der Waals surface area (Å²) in [5.74, 6) is 1.66. The highest BCUT2D eigenvalue weighted by Crippen LogP contribution is 2.40. The third-order valence-corrected chi connectivity index (χ3v) is 5.82. The maximum atomic E-state index is 12.6. The Hall–Kier alpha value is -2.76. The Balaban J connectivity index is 1.29. The van der Waals surface area contributed by atoms with Crippen molar-refractivity contribution in [3.05, 3.63) is 53.2 Å². The maximum Gasteiger partial charge on any atom is 0.259 e. The number of piperidine rings is 1. The summed E-state index contributed by atoms with van der Waals surface area (Å²) in [6, 6.07) is 6.51. The molecule has 6 nitrogen and oxygen atoms in total. The zero-order chi connectivity index (χ0) is 18.4. The van der Waals surface area contributed by atoms with Crippen molar-refractivity contribution in [3.63, 3.8) is 0 Å². The highest BCUT2D eigenvalue weighted by molar-refractivity contribution is 5.94. The van der Waals surface area contributed by atoms with Crippen molar-refractivity contribution in [2.24, 2.45) is 0 Å². The van der Waals surface area contributed by atoms with Crippen molar-refractivity contribution in [2.75, 3.05) is 13.1 Å². The molecule has 3 aromatic heterocycles. The molecule has 0 radical (unpaired) electrons. The highest BCUT2D eigenvalue weighted by atomic mass is 16.5. The van der Waals surface area contributed by atoms with E-state index in [1.807, 2.05) is 11.1 Å². The van der Waals surface area contributed by atoms with Crippen LogP contribution in [0.2, 0.25) is 0 Å². The fourth-order valence-corrected chi connectivity index (χ4v) is 3.96. The van der Waals surface area contributed by atoms with E-state index in [-0.39, 0.29) is 5.91 Å². The first kappa shape index (κ1) is 16.4. The quantitative estimate of drug-likeness (QED) is 0.708. The van der Waals surface area contributed by atoms with E-state index in [1.165, 1.54) is 24.6 Å². The van der Waals surface area contributed by atoms with E-state index < -0.39 is 0 Å². The maximum absolute atomic E-state index is 12.6. The van der Waals surface area contributed by atoms with Crippen LogP contribution in [0.4, 0.5) is 0 Å². The molecule has 0 bridgehead atoms. The summed E-state index contributed by atoms with van der Waals surface area (Å²) in [5.41, 5.74) is 3.82. The Bertz CT molecular complexity index is 1000. The van der Waals surface area contributed by atoms with Crippen molar-refractivity contribution >= 4 is 16.9 Å². The molecule has 1 aliphatic carbocycles. The standard InChI is InChI=1S/C21H22N4O2/c1-13-18(12-23-27-13)21(26)25-8-6-15(7-9-25)19-5-4-16-10-17(14-2-3-14)11-22-20(16)24-19/h4-5,10-12,14-15H,2-3,6-9H2,1H3. The van der Waals surface area contributed by atoms with Gasteiger partial charge in [0.05, 0.1) is 6.20 Å². The first-order chi connectivity index (χ1) is 13.2. The summed E-state index contributed by atoms with van der Waals surface area (Å²) in [4.78, 5) is 23.9. The van der Waals surface area contributed by atoms with Gasteiger partial charge < -0.3 is 9.42 Å². The van der Waals surface area contributed by atoms with Crippen LogP contribution >= 0.6 is 0 Å². The predicted octanol–water partition coefficient (Wildman–Crippen LogP) is 3.82. The predicted molar refractivity (Wildman–Crippen MR) is 101 cm³/mol. The monoisotopic (exact) mass is 362 g/mol. The van der Waals surface area contributed by atoms with E-state index in [0.717, 1.165) is 42.7 Å². The van der Waals surface area contributed by atoms with Crippen molar-refractivity contribution in [1.82, 2.24) is 20.0 Å². The van der Waals surface area contributed by atoms with Gasteiger partial charge in [-0.3, -0.25) is 4.79 Å². The molecular formula is C21H22N4O2. The molecule has 0 atom stereocenters. The Labute approximate surface area is 157 Å². The third-order valence-electron chi connectivity index (χ3n) is 5.82. The number of hydrogen-bond donors (Lipinski definition) is 0. The van der Waals surface area contributed by atoms with Crippen molar-refractivity contribution < 1.29 is 9.32 Å². The number of fused-ring (bicyclic) bond motifs is 1. The summed E-state index contributed by atoms with van der Waals surface area (Å²) >= 11 is 0. The number of aryl methyl sites for hydroxylation is 1. The lowest BCUT2D eigenvalue weighted by Gasteiger charge is -2.31. The topological polar surface area (TPSA) is 72.1 Å². The van der Waals surface area contributed by atoms with Crippen LogP contribution in [0, 0.1) is 6.92 Å². The van der Waals surface area contributed by atoms with Gasteiger partial charge in [0, 0.05) is 36.3 Å². The number of hydrogen-bond acceptors (Lipinski definition) is 5. The van der Waals surface area contributed by atoms with Crippen LogP contribution < -0.4 is 0 Å². The molecule has 5 rings (SSSR count). The number of likely N-dealkylation sites (tertiary alicyclic amines) is 1. The minimum atomic E-state index is 0.00735. The van der Waals surface area contributed by atoms with Gasteiger partial charge in [0.15, 0.2) is 5.65 Å². The number of aromatic nitrogens is 3. The second kappa shape index (κ2) is 6.44. The summed E-state index contributed by atoms with van der Waals surface area (Å²) in [6.07, 6.45) is 7.88. The van der Waals surface area contributed by atoms with Crippen LogP contribution in [0.3, 0.4) is 0 Å². The van der Waals surface area contributed by atoms with E-state index in [4.69, 9.17) is 9.51 Å². The van der Waals surface area contributed by atoms with Crippen LogP contribution in [0.15, 0.2) is 35.1 Å². The molecule has 1 aliphatic heterocycles. The number of amides is 1. The fraction of sp³-hybridized carbons (Fsp3) is 0.429. The zero-order valence-corrected chi connectivity index (χ0v) is 15.4. The fourth-order valence-electron chi connectivity index (χ4n) is 3.96. The van der Waals surface area contributed by atoms with Gasteiger partial charge in [-0.05, 0) is 62.3 Å². The molecule has 2 aliphatic rings. The Morgan fingerprint density at radius 1 is 1.11 bits per heavy atom. The summed E-state index contributed by atoms with van der Waals surface area (Å²) in [6.45, 7) is 3.22. The number of carbonyl (C=O) groups is 1. The normalized spacial score (nSPS) is 18.2. The van der Waals surface area contributed by atoms with Gasteiger partial charge in [-0.1, -0.05) is 5.16 Å². The van der Waals surface area contributed by atoms with Crippen molar-refractivity contribution in [3.8, 4) is 0 Å². The molecular weight excluding hydrogens is 340 g/mol. The molecule has 1 amide bonds. The minimum absolute atomic E-state index is 0.00735. The Kier molecular flexibility index (Phi) is 3.92. The molecule has 3 aromatic rings. The van der Waals surface area contributed by atoms with Crippen molar-refractivity contribution in [2.45, 2.75) is 44.4 Å². The van der Waals surface area contributed by atoms with Gasteiger partial charge in [0.1, 0.15) is 11.3 Å². The lowest BCUT2D eigenvalue weighted by molar-refractivity contribution is 0.0710. The van der Waals surface area contributed by atoms with Crippen LogP contribution in [0.25, 0.3) is 11.0 Å². The molecule has 1 saturated heterocycles. The SMILES string of the molecule is Cc1oncc1C(=O)N1CCC(c2ccc3cc(C4CC4)cnc3n2)CC1. The molecule has 6 heteroatoms. The lowest BCUT2D eigenvalue weighted by atomic mass is 9.92. The highest BCUT2D eigenvalue weighted by Gasteiger charge is 2.28. The smallest absolute Gasteiger partial charge is 0.259 e. The molecule has 0 unspecified atom stereocenters. The Morgan fingerprint density at radius 2 is 1.93 bits per heavy atom. The first-order valence-electron chi connectivity index (χ1n) is 9.66. The molecule has 27 heavy (non-hydrogen) atoms. The molecule has 138 valence electrons. The first-order valence-corrected chi connectivity index (χ1v) is 9.66. The van der Waals surface area contributed by atoms with Gasteiger partial charge in [0.25, 0.3) is 5.91 Å². The molecule has 1 saturated carbocycles. The second-order valence-corrected chi connectivity index (χ2v) is 7.69. The zero-order valence-electron chi connectivity index (χ0n) is 15.4. The summed E-state index contributed by atoms with van der Waals surface area (Å²) in [7, 11) is 0. The van der Waals surface area contributed by atoms with Gasteiger partial charge in [-0.15, -0.1) is 0 Å². The largest absolute Gasteiger partial charge is 0.361 e. The molecule has 4 heterocycles. The van der Waals surface area contributed by atoms with Crippen LogP contribution in [-0.4, -0.2) is 39.0 Å². The van der Waals surface area contributed by atoms with Gasteiger partial charge >= 0.3 is 0 Å². The average Bonchev–Trinajstić information content (AvgIpc) is 3.48. The van der Waals surface area contributed by atoms with Gasteiger partial charge in [0.2, 0.25) is 0 Å². The van der Waals surface area contributed by atoms with E-state index in [9.17, 15) is 4.79 Å². The van der Waals surface area contributed by atoms with E-state index in [2.05, 4.69) is 28.3 Å². The van der Waals surface area contributed by atoms with E-state index in [1.54, 1.807) is 6.92 Å². The number of carbonyl (C=O) groups excluding carboxylic acids is 1. The Morgan fingerprint density at radius 3 is 2.63 bits per heavy atom. The minimum Gasteiger partial charge on any atom is -0.361 e. The third kappa shape index (κ3) is 3.09. The van der Waals surface area contributed by atoms with E-state index >= 15 is 0 Å². The molecule has 0 N–H and O–H groups in total. The van der Waals surface area contributed by atoms with Crippen LogP contribution in [-0.2, 0) is 0 Å². The summed E-state index contributed by atoms with van der Waals surface area (Å²) in [5, 5.41) is 4.83. The second-order valence-electron chi connectivity index (χ2n) is 7.69. The summed E-state index contributed by atoms with van der Waals surface area (Å²) < 4.78 is 5.02. The molecule has 0 aromatic carbocycles. The van der Waals surface area contributed by atoms with Gasteiger partial charge in [-0.2, -0.15) is 0 Å². The molecule has 0 spiro atoms. The van der Waals surface area contributed by atoms with Crippen molar-refractivity contribution in [1.29, 1.82) is 0 Å². The van der Waals surface area contributed by atoms with E-state index in [0.29, 0.717) is 23.2 Å². The average molecular weight is 362 g/mol. The van der Waals surface area contributed by atoms with Crippen LogP contribution in [0.5, 0.6) is 0 Å². The number of pyridine rings is 2. The van der Waals surface area contributed by atoms with Gasteiger partial charge in [-0.25, -0.2) is 9.97 Å². The van der Waals surface area contributed by atoms with Crippen LogP contribution in [0.1, 0.15) is 64.9 Å². The molecule has 2 fully saturated rings. The number of rotatable bonds is 3. The lowest BCUT2D eigenvalue weighted by Crippen LogP contribution is -2.38. The number of nitrogens with zero attached hydrogens (tertiary/aromatic N) is 4.